The van der Waals surface area contributed by atoms with Gasteiger partial charge in [-0.05, 0) is 38.1 Å². The van der Waals surface area contributed by atoms with Crippen LogP contribution in [-0.4, -0.2) is 71.7 Å². The number of pyridine rings is 1. The van der Waals surface area contributed by atoms with Crippen LogP contribution >= 0.6 is 0 Å². The monoisotopic (exact) mass is 501 g/mol. The number of nitrogens with two attached hydrogens (primary N) is 1. The molecule has 0 spiro atoms. The van der Waals surface area contributed by atoms with E-state index in [-0.39, 0.29) is 6.04 Å². The van der Waals surface area contributed by atoms with E-state index < -0.39 is 0 Å². The SMILES string of the molecule is CC.Cc1nn(C(C)c2cc3ccccn3c2-c2ccn(CCN3CCOCC3)n2)c2ncnc(N)c12. The number of nitrogen functional groups attached to an aromatic ring is 1. The Balaban J connectivity index is 0.00000137. The van der Waals surface area contributed by atoms with Crippen molar-refractivity contribution in [3.05, 3.63) is 60.3 Å². The zero-order valence-corrected chi connectivity index (χ0v) is 22.0. The lowest BCUT2D eigenvalue weighted by Gasteiger charge is -2.26. The second-order valence-corrected chi connectivity index (χ2v) is 9.03. The van der Waals surface area contributed by atoms with Crippen molar-refractivity contribution in [2.24, 2.45) is 0 Å². The molecule has 10 heteroatoms. The Bertz CT molecular complexity index is 1490. The van der Waals surface area contributed by atoms with Crippen LogP contribution in [0.4, 0.5) is 5.82 Å². The molecule has 6 rings (SSSR count). The Morgan fingerprint density at radius 1 is 1.03 bits per heavy atom. The third kappa shape index (κ3) is 4.70. The smallest absolute Gasteiger partial charge is 0.164 e. The van der Waals surface area contributed by atoms with Crippen LogP contribution in [0, 0.1) is 6.92 Å². The summed E-state index contributed by atoms with van der Waals surface area (Å²) in [6.07, 6.45) is 5.64. The number of fused-ring (bicyclic) bond motifs is 2. The van der Waals surface area contributed by atoms with E-state index in [1.807, 2.05) is 36.2 Å². The molecule has 5 aromatic heterocycles. The molecule has 1 atom stereocenters. The first-order valence-electron chi connectivity index (χ1n) is 13.0. The van der Waals surface area contributed by atoms with Crippen molar-refractivity contribution in [1.82, 2.24) is 38.8 Å². The van der Waals surface area contributed by atoms with Gasteiger partial charge in [0.05, 0.1) is 42.6 Å². The van der Waals surface area contributed by atoms with Gasteiger partial charge in [-0.25, -0.2) is 14.6 Å². The summed E-state index contributed by atoms with van der Waals surface area (Å²) in [5.74, 6) is 0.451. The Morgan fingerprint density at radius 2 is 1.84 bits per heavy atom. The second kappa shape index (κ2) is 10.7. The van der Waals surface area contributed by atoms with Crippen LogP contribution in [0.2, 0.25) is 0 Å². The van der Waals surface area contributed by atoms with Gasteiger partial charge in [0, 0.05) is 43.1 Å². The Labute approximate surface area is 216 Å². The van der Waals surface area contributed by atoms with E-state index >= 15 is 0 Å². The normalized spacial score (nSPS) is 15.1. The van der Waals surface area contributed by atoms with Gasteiger partial charge in [-0.2, -0.15) is 10.2 Å². The van der Waals surface area contributed by atoms with Crippen LogP contribution in [0.3, 0.4) is 0 Å². The molecule has 1 unspecified atom stereocenters. The van der Waals surface area contributed by atoms with Crippen molar-refractivity contribution in [2.45, 2.75) is 40.3 Å². The van der Waals surface area contributed by atoms with Gasteiger partial charge in [-0.3, -0.25) is 9.58 Å². The first kappa shape index (κ1) is 24.9. The maximum Gasteiger partial charge on any atom is 0.164 e. The highest BCUT2D eigenvalue weighted by atomic mass is 16.5. The lowest BCUT2D eigenvalue weighted by atomic mass is 10.1. The predicted octanol–water partition coefficient (Wildman–Crippen LogP) is 3.80. The fourth-order valence-electron chi connectivity index (χ4n) is 4.99. The van der Waals surface area contributed by atoms with Crippen molar-refractivity contribution in [2.75, 3.05) is 38.6 Å². The topological polar surface area (TPSA) is 104 Å². The summed E-state index contributed by atoms with van der Waals surface area (Å²) in [4.78, 5) is 11.1. The molecule has 1 aliphatic rings. The van der Waals surface area contributed by atoms with E-state index in [0.29, 0.717) is 5.82 Å². The number of hydrogen-bond acceptors (Lipinski definition) is 7. The first-order chi connectivity index (χ1) is 18.1. The molecule has 6 heterocycles. The summed E-state index contributed by atoms with van der Waals surface area (Å²) in [5, 5.41) is 10.6. The second-order valence-electron chi connectivity index (χ2n) is 9.03. The number of aryl methyl sites for hydroxylation is 1. The fraction of sp³-hybridized carbons (Fsp3) is 0.407. The van der Waals surface area contributed by atoms with Crippen molar-refractivity contribution in [3.63, 3.8) is 0 Å². The minimum Gasteiger partial charge on any atom is -0.383 e. The molecule has 194 valence electrons. The molecule has 0 amide bonds. The van der Waals surface area contributed by atoms with Crippen LogP contribution in [0.15, 0.2) is 49.1 Å². The Kier molecular flexibility index (Phi) is 7.20. The molecule has 1 saturated heterocycles. The van der Waals surface area contributed by atoms with Crippen LogP contribution < -0.4 is 5.73 Å². The van der Waals surface area contributed by atoms with Gasteiger partial charge < -0.3 is 14.9 Å². The van der Waals surface area contributed by atoms with Gasteiger partial charge in [-0.1, -0.05) is 19.9 Å². The molecular formula is C27H35N9O. The molecular weight excluding hydrogens is 466 g/mol. The highest BCUT2D eigenvalue weighted by molar-refractivity contribution is 5.88. The summed E-state index contributed by atoms with van der Waals surface area (Å²) < 4.78 is 11.6. The zero-order valence-electron chi connectivity index (χ0n) is 22.0. The van der Waals surface area contributed by atoms with Crippen molar-refractivity contribution < 1.29 is 4.74 Å². The van der Waals surface area contributed by atoms with E-state index in [1.165, 1.54) is 6.33 Å². The van der Waals surface area contributed by atoms with Gasteiger partial charge in [0.2, 0.25) is 0 Å². The molecule has 0 aromatic carbocycles. The molecule has 37 heavy (non-hydrogen) atoms. The maximum atomic E-state index is 6.14. The molecule has 5 aromatic rings. The number of morpholine rings is 1. The fourth-order valence-corrected chi connectivity index (χ4v) is 4.99. The van der Waals surface area contributed by atoms with Gasteiger partial charge in [0.25, 0.3) is 0 Å². The minimum atomic E-state index is -0.0890. The molecule has 10 nitrogen and oxygen atoms in total. The number of nitrogens with zero attached hydrogens (tertiary/aromatic N) is 8. The molecule has 1 fully saturated rings. The Hall–Kier alpha value is -3.76. The number of ether oxygens (including phenoxy) is 1. The molecule has 0 saturated carbocycles. The minimum absolute atomic E-state index is 0.0890. The first-order valence-corrected chi connectivity index (χ1v) is 13.0. The molecule has 0 bridgehead atoms. The van der Waals surface area contributed by atoms with E-state index in [4.69, 9.17) is 20.7 Å². The lowest BCUT2D eigenvalue weighted by Crippen LogP contribution is -2.38. The average Bonchev–Trinajstić information content (AvgIpc) is 3.64. The summed E-state index contributed by atoms with van der Waals surface area (Å²) in [7, 11) is 0. The summed E-state index contributed by atoms with van der Waals surface area (Å²) in [6.45, 7) is 13.4. The van der Waals surface area contributed by atoms with Crippen LogP contribution in [0.5, 0.6) is 0 Å². The zero-order chi connectivity index (χ0) is 25.9. The highest BCUT2D eigenvalue weighted by Crippen LogP contribution is 2.34. The molecule has 1 aliphatic heterocycles. The highest BCUT2D eigenvalue weighted by Gasteiger charge is 2.24. The average molecular weight is 502 g/mol. The van der Waals surface area contributed by atoms with Crippen LogP contribution in [-0.2, 0) is 11.3 Å². The third-order valence-corrected chi connectivity index (χ3v) is 6.85. The predicted molar refractivity (Wildman–Crippen MR) is 146 cm³/mol. The van der Waals surface area contributed by atoms with Gasteiger partial charge in [0.1, 0.15) is 17.8 Å². The summed E-state index contributed by atoms with van der Waals surface area (Å²) in [5.41, 5.74) is 11.9. The summed E-state index contributed by atoms with van der Waals surface area (Å²) >= 11 is 0. The quantitative estimate of drug-likeness (QED) is 0.377. The van der Waals surface area contributed by atoms with E-state index in [2.05, 4.69) is 62.9 Å². The third-order valence-electron chi connectivity index (χ3n) is 6.85. The van der Waals surface area contributed by atoms with Gasteiger partial charge in [0.15, 0.2) is 5.65 Å². The van der Waals surface area contributed by atoms with Crippen molar-refractivity contribution in [1.29, 1.82) is 0 Å². The number of aromatic nitrogens is 7. The largest absolute Gasteiger partial charge is 0.383 e. The Morgan fingerprint density at radius 3 is 2.65 bits per heavy atom. The van der Waals surface area contributed by atoms with Gasteiger partial charge in [-0.15, -0.1) is 0 Å². The molecule has 0 radical (unpaired) electrons. The van der Waals surface area contributed by atoms with Crippen LogP contribution in [0.1, 0.15) is 38.1 Å². The number of rotatable bonds is 6. The lowest BCUT2D eigenvalue weighted by molar-refractivity contribution is 0.0360. The standard InChI is InChI=1S/C25H29N9O.C2H6/c1-17-22-24(26)27-16-28-25(22)34(29-17)18(2)20-15-19-5-3-4-7-33(19)23(20)21-6-8-32(30-21)10-9-31-11-13-35-14-12-31;1-2/h3-8,15-16,18H,9-14H2,1-2H3,(H2,26,27,28);1-2H3. The molecule has 0 aliphatic carbocycles. The number of hydrogen-bond donors (Lipinski definition) is 1. The van der Waals surface area contributed by atoms with E-state index in [9.17, 15) is 0 Å². The summed E-state index contributed by atoms with van der Waals surface area (Å²) in [6, 6.07) is 10.4. The van der Waals surface area contributed by atoms with Crippen molar-refractivity contribution >= 4 is 22.4 Å². The van der Waals surface area contributed by atoms with Crippen LogP contribution in [0.25, 0.3) is 27.9 Å². The van der Waals surface area contributed by atoms with Crippen molar-refractivity contribution in [3.8, 4) is 11.4 Å². The van der Waals surface area contributed by atoms with Gasteiger partial charge >= 0.3 is 0 Å². The van der Waals surface area contributed by atoms with E-state index in [1.54, 1.807) is 0 Å². The maximum absolute atomic E-state index is 6.14. The molecule has 2 N–H and O–H groups in total. The van der Waals surface area contributed by atoms with E-state index in [0.717, 1.165) is 78.6 Å². The number of anilines is 1.